The molecule has 1 rings (SSSR count). The van der Waals surface area contributed by atoms with Gasteiger partial charge in [-0.25, -0.2) is 0 Å². The van der Waals surface area contributed by atoms with E-state index in [-0.39, 0.29) is 5.70 Å². The summed E-state index contributed by atoms with van der Waals surface area (Å²) in [5, 5.41) is 13.9. The van der Waals surface area contributed by atoms with Gasteiger partial charge in [-0.1, -0.05) is 0 Å². The van der Waals surface area contributed by atoms with Gasteiger partial charge in [-0.15, -0.1) is 0 Å². The molecule has 0 saturated heterocycles. The quantitative estimate of drug-likeness (QED) is 0.513. The highest BCUT2D eigenvalue weighted by atomic mass is 32.1. The van der Waals surface area contributed by atoms with Crippen LogP contribution in [-0.4, -0.2) is 4.92 Å². The molecule has 0 radical (unpaired) electrons. The van der Waals surface area contributed by atoms with Gasteiger partial charge in [-0.2, -0.15) is 11.3 Å². The van der Waals surface area contributed by atoms with Crippen molar-refractivity contribution < 1.29 is 4.92 Å². The zero-order valence-electron chi connectivity index (χ0n) is 5.82. The Morgan fingerprint density at radius 3 is 3.00 bits per heavy atom. The van der Waals surface area contributed by atoms with Gasteiger partial charge in [0.25, 0.3) is 0 Å². The van der Waals surface area contributed by atoms with Gasteiger partial charge in [0.1, 0.15) is 0 Å². The van der Waals surface area contributed by atoms with Crippen molar-refractivity contribution in [3.63, 3.8) is 0 Å². The molecule has 0 spiro atoms. The first-order chi connectivity index (χ1) is 5.20. The van der Waals surface area contributed by atoms with E-state index in [4.69, 9.17) is 0 Å². The summed E-state index contributed by atoms with van der Waals surface area (Å²) in [7, 11) is 0. The number of nitrogens with zero attached hydrogens (tertiary/aromatic N) is 1. The van der Waals surface area contributed by atoms with Crippen molar-refractivity contribution in [3.05, 3.63) is 44.8 Å². The second-order valence-corrected chi connectivity index (χ2v) is 2.91. The van der Waals surface area contributed by atoms with Gasteiger partial charge < -0.3 is 0 Å². The summed E-state index contributed by atoms with van der Waals surface area (Å²) >= 11 is 1.53. The third-order valence-corrected chi connectivity index (χ3v) is 1.98. The summed E-state index contributed by atoms with van der Waals surface area (Å²) in [6, 6.07) is 1.86. The van der Waals surface area contributed by atoms with Crippen LogP contribution in [0.3, 0.4) is 0 Å². The Morgan fingerprint density at radius 2 is 2.55 bits per heavy atom. The number of rotatable bonds is 3. The van der Waals surface area contributed by atoms with Gasteiger partial charge in [0, 0.05) is 0 Å². The summed E-state index contributed by atoms with van der Waals surface area (Å²) in [5.74, 6) is 0. The number of hydrogen-bond donors (Lipinski definition) is 0. The zero-order chi connectivity index (χ0) is 8.27. The SMILES string of the molecule is C=C(Cc1ccsc1)[N+](=O)[O-]. The third-order valence-electron chi connectivity index (χ3n) is 1.25. The lowest BCUT2D eigenvalue weighted by molar-refractivity contribution is -0.426. The molecule has 0 bridgehead atoms. The van der Waals surface area contributed by atoms with Crippen LogP contribution in [0.25, 0.3) is 0 Å². The van der Waals surface area contributed by atoms with Gasteiger partial charge in [0.05, 0.1) is 11.3 Å². The maximum atomic E-state index is 10.1. The van der Waals surface area contributed by atoms with Crippen molar-refractivity contribution in [2.75, 3.05) is 0 Å². The summed E-state index contributed by atoms with van der Waals surface area (Å²) in [6.07, 6.45) is 0.344. The van der Waals surface area contributed by atoms with Crippen molar-refractivity contribution >= 4 is 11.3 Å². The van der Waals surface area contributed by atoms with Crippen molar-refractivity contribution in [2.45, 2.75) is 6.42 Å². The molecule has 0 atom stereocenters. The molecule has 0 aliphatic carbocycles. The average molecular weight is 169 g/mol. The van der Waals surface area contributed by atoms with Crippen LogP contribution in [0, 0.1) is 10.1 Å². The minimum Gasteiger partial charge on any atom is -0.259 e. The van der Waals surface area contributed by atoms with Crippen molar-refractivity contribution in [1.82, 2.24) is 0 Å². The molecule has 0 aliphatic heterocycles. The second-order valence-electron chi connectivity index (χ2n) is 2.13. The van der Waals surface area contributed by atoms with Crippen LogP contribution in [0.4, 0.5) is 0 Å². The molecule has 0 aliphatic rings. The van der Waals surface area contributed by atoms with Crippen molar-refractivity contribution in [2.24, 2.45) is 0 Å². The fraction of sp³-hybridized carbons (Fsp3) is 0.143. The van der Waals surface area contributed by atoms with E-state index in [0.717, 1.165) is 5.56 Å². The van der Waals surface area contributed by atoms with Crippen LogP contribution in [0.1, 0.15) is 5.56 Å². The van der Waals surface area contributed by atoms with Crippen LogP contribution < -0.4 is 0 Å². The Balaban J connectivity index is 2.57. The van der Waals surface area contributed by atoms with E-state index in [1.165, 1.54) is 11.3 Å². The molecule has 0 unspecified atom stereocenters. The number of hydrogen-bond acceptors (Lipinski definition) is 3. The standard InChI is InChI=1S/C7H7NO2S/c1-6(8(9)10)4-7-2-3-11-5-7/h2-3,5H,1,4H2. The van der Waals surface area contributed by atoms with Crippen LogP contribution in [0.15, 0.2) is 29.1 Å². The molecule has 0 fully saturated rings. The Bertz CT molecular complexity index is 266. The molecular weight excluding hydrogens is 162 g/mol. The number of allylic oxidation sites excluding steroid dienone is 1. The first-order valence-electron chi connectivity index (χ1n) is 3.03. The lowest BCUT2D eigenvalue weighted by atomic mass is 10.2. The highest BCUT2D eigenvalue weighted by molar-refractivity contribution is 7.07. The molecule has 0 saturated carbocycles. The Kier molecular flexibility index (Phi) is 2.38. The van der Waals surface area contributed by atoms with E-state index < -0.39 is 4.92 Å². The smallest absolute Gasteiger partial charge is 0.243 e. The van der Waals surface area contributed by atoms with Gasteiger partial charge in [-0.3, -0.25) is 10.1 Å². The lowest BCUT2D eigenvalue weighted by Gasteiger charge is -1.91. The van der Waals surface area contributed by atoms with E-state index >= 15 is 0 Å². The maximum Gasteiger partial charge on any atom is 0.243 e. The zero-order valence-corrected chi connectivity index (χ0v) is 6.63. The van der Waals surface area contributed by atoms with Crippen LogP contribution in [0.5, 0.6) is 0 Å². The van der Waals surface area contributed by atoms with E-state index in [2.05, 4.69) is 6.58 Å². The van der Waals surface area contributed by atoms with E-state index in [0.29, 0.717) is 6.42 Å². The minimum atomic E-state index is -0.447. The molecule has 1 heterocycles. The van der Waals surface area contributed by atoms with Crippen LogP contribution in [-0.2, 0) is 6.42 Å². The van der Waals surface area contributed by atoms with Gasteiger partial charge in [0.15, 0.2) is 0 Å². The highest BCUT2D eigenvalue weighted by Gasteiger charge is 2.06. The normalized spacial score (nSPS) is 9.45. The first kappa shape index (κ1) is 7.94. The molecule has 4 heteroatoms. The van der Waals surface area contributed by atoms with Crippen molar-refractivity contribution in [1.29, 1.82) is 0 Å². The number of nitro groups is 1. The average Bonchev–Trinajstić information content (AvgIpc) is 2.39. The molecule has 1 aromatic heterocycles. The summed E-state index contributed by atoms with van der Waals surface area (Å²) in [5.41, 5.74) is 1.00. The van der Waals surface area contributed by atoms with E-state index in [1.807, 2.05) is 16.8 Å². The highest BCUT2D eigenvalue weighted by Crippen LogP contribution is 2.10. The molecule has 0 amide bonds. The van der Waals surface area contributed by atoms with E-state index in [9.17, 15) is 10.1 Å². The van der Waals surface area contributed by atoms with E-state index in [1.54, 1.807) is 0 Å². The summed E-state index contributed by atoms with van der Waals surface area (Å²) < 4.78 is 0. The molecule has 3 nitrogen and oxygen atoms in total. The molecule has 11 heavy (non-hydrogen) atoms. The molecule has 0 aromatic carbocycles. The first-order valence-corrected chi connectivity index (χ1v) is 3.97. The topological polar surface area (TPSA) is 43.1 Å². The van der Waals surface area contributed by atoms with Crippen LogP contribution >= 0.6 is 11.3 Å². The Labute approximate surface area is 68.1 Å². The van der Waals surface area contributed by atoms with Gasteiger partial charge >= 0.3 is 0 Å². The second kappa shape index (κ2) is 3.30. The minimum absolute atomic E-state index is 0.0448. The molecule has 1 aromatic rings. The molecule has 0 N–H and O–H groups in total. The third kappa shape index (κ3) is 2.16. The fourth-order valence-corrected chi connectivity index (χ4v) is 1.36. The predicted octanol–water partition coefficient (Wildman–Crippen LogP) is 2.08. The Morgan fingerprint density at radius 1 is 1.82 bits per heavy atom. The molecular formula is C7H7NO2S. The fourth-order valence-electron chi connectivity index (χ4n) is 0.693. The predicted molar refractivity (Wildman–Crippen MR) is 44.2 cm³/mol. The van der Waals surface area contributed by atoms with Gasteiger partial charge in [-0.05, 0) is 29.0 Å². The van der Waals surface area contributed by atoms with Crippen LogP contribution in [0.2, 0.25) is 0 Å². The van der Waals surface area contributed by atoms with Gasteiger partial charge in [0.2, 0.25) is 5.70 Å². The van der Waals surface area contributed by atoms with Crippen molar-refractivity contribution in [3.8, 4) is 0 Å². The largest absolute Gasteiger partial charge is 0.259 e. The Hall–Kier alpha value is -1.16. The molecule has 58 valence electrons. The summed E-state index contributed by atoms with van der Waals surface area (Å²) in [6.45, 7) is 3.33. The lowest BCUT2D eigenvalue weighted by Crippen LogP contribution is -1.99. The monoisotopic (exact) mass is 169 g/mol. The maximum absolute atomic E-state index is 10.1. The summed E-state index contributed by atoms with van der Waals surface area (Å²) in [4.78, 5) is 9.69. The number of thiophene rings is 1.